The SMILES string of the molecule is C=C(C)C(=O)OCCCCCCCCCCCCc1ccccc1. The number of hydrogen-bond donors (Lipinski definition) is 0. The van der Waals surface area contributed by atoms with Gasteiger partial charge in [0.15, 0.2) is 0 Å². The van der Waals surface area contributed by atoms with Gasteiger partial charge in [-0.3, -0.25) is 0 Å². The summed E-state index contributed by atoms with van der Waals surface area (Å²) in [5.74, 6) is -0.262. The van der Waals surface area contributed by atoms with Gasteiger partial charge in [0, 0.05) is 5.57 Å². The molecule has 0 unspecified atom stereocenters. The maximum Gasteiger partial charge on any atom is 0.333 e. The molecule has 1 aromatic rings. The lowest BCUT2D eigenvalue weighted by Gasteiger charge is -2.05. The first-order valence-corrected chi connectivity index (χ1v) is 9.56. The normalized spacial score (nSPS) is 10.5. The van der Waals surface area contributed by atoms with Crippen LogP contribution in [0.3, 0.4) is 0 Å². The highest BCUT2D eigenvalue weighted by Crippen LogP contribution is 2.12. The van der Waals surface area contributed by atoms with Crippen molar-refractivity contribution < 1.29 is 9.53 Å². The van der Waals surface area contributed by atoms with E-state index in [0.29, 0.717) is 12.2 Å². The van der Waals surface area contributed by atoms with Crippen LogP contribution in [-0.4, -0.2) is 12.6 Å². The molecule has 24 heavy (non-hydrogen) atoms. The van der Waals surface area contributed by atoms with Crippen LogP contribution in [0.5, 0.6) is 0 Å². The van der Waals surface area contributed by atoms with E-state index in [1.165, 1.54) is 63.4 Å². The number of ether oxygens (including phenoxy) is 1. The van der Waals surface area contributed by atoms with Crippen LogP contribution < -0.4 is 0 Å². The largest absolute Gasteiger partial charge is 0.462 e. The van der Waals surface area contributed by atoms with E-state index in [9.17, 15) is 4.79 Å². The number of unbranched alkanes of at least 4 members (excludes halogenated alkanes) is 9. The van der Waals surface area contributed by atoms with Gasteiger partial charge >= 0.3 is 5.97 Å². The Morgan fingerprint density at radius 3 is 1.88 bits per heavy atom. The van der Waals surface area contributed by atoms with E-state index in [1.807, 2.05) is 0 Å². The molecule has 0 bridgehead atoms. The second kappa shape index (κ2) is 13.8. The third-order valence-electron chi connectivity index (χ3n) is 4.28. The molecule has 0 fully saturated rings. The summed E-state index contributed by atoms with van der Waals surface area (Å²) in [6.07, 6.45) is 14.0. The molecule has 0 amide bonds. The van der Waals surface area contributed by atoms with Crippen molar-refractivity contribution >= 4 is 5.97 Å². The summed E-state index contributed by atoms with van der Waals surface area (Å²) in [4.78, 5) is 11.2. The Morgan fingerprint density at radius 2 is 1.33 bits per heavy atom. The molecule has 0 aliphatic heterocycles. The second-order valence-electron chi connectivity index (χ2n) is 6.69. The summed E-state index contributed by atoms with van der Waals surface area (Å²) in [6, 6.07) is 10.8. The molecule has 0 atom stereocenters. The topological polar surface area (TPSA) is 26.3 Å². The minimum Gasteiger partial charge on any atom is -0.462 e. The Labute approximate surface area is 148 Å². The maximum absolute atomic E-state index is 11.2. The number of aryl methyl sites for hydroxylation is 1. The first-order valence-electron chi connectivity index (χ1n) is 9.56. The second-order valence-corrected chi connectivity index (χ2v) is 6.69. The number of rotatable bonds is 14. The van der Waals surface area contributed by atoms with Crippen LogP contribution in [-0.2, 0) is 16.0 Å². The van der Waals surface area contributed by atoms with Crippen molar-refractivity contribution in [3.8, 4) is 0 Å². The van der Waals surface area contributed by atoms with Crippen LogP contribution >= 0.6 is 0 Å². The van der Waals surface area contributed by atoms with Gasteiger partial charge in [-0.2, -0.15) is 0 Å². The van der Waals surface area contributed by atoms with E-state index in [4.69, 9.17) is 4.74 Å². The molecule has 0 spiro atoms. The third-order valence-corrected chi connectivity index (χ3v) is 4.28. The van der Waals surface area contributed by atoms with Crippen molar-refractivity contribution in [1.29, 1.82) is 0 Å². The summed E-state index contributed by atoms with van der Waals surface area (Å²) in [5, 5.41) is 0. The highest BCUT2D eigenvalue weighted by Gasteiger charge is 2.01. The molecule has 0 N–H and O–H groups in total. The number of hydrogen-bond acceptors (Lipinski definition) is 2. The Kier molecular flexibility index (Phi) is 11.8. The van der Waals surface area contributed by atoms with Gasteiger partial charge in [0.2, 0.25) is 0 Å². The Morgan fingerprint density at radius 1 is 0.833 bits per heavy atom. The van der Waals surface area contributed by atoms with Crippen molar-refractivity contribution in [1.82, 2.24) is 0 Å². The molecular formula is C22H34O2. The third kappa shape index (κ3) is 11.0. The fourth-order valence-electron chi connectivity index (χ4n) is 2.78. The zero-order chi connectivity index (χ0) is 17.5. The van der Waals surface area contributed by atoms with E-state index in [2.05, 4.69) is 36.9 Å². The minimum atomic E-state index is -0.262. The van der Waals surface area contributed by atoms with E-state index >= 15 is 0 Å². The molecule has 0 aliphatic carbocycles. The van der Waals surface area contributed by atoms with Crippen molar-refractivity contribution in [3.05, 3.63) is 48.0 Å². The van der Waals surface area contributed by atoms with E-state index in [1.54, 1.807) is 6.92 Å². The summed E-state index contributed by atoms with van der Waals surface area (Å²) >= 11 is 0. The molecule has 2 nitrogen and oxygen atoms in total. The van der Waals surface area contributed by atoms with Gasteiger partial charge in [-0.05, 0) is 31.7 Å². The number of esters is 1. The lowest BCUT2D eigenvalue weighted by Crippen LogP contribution is -2.05. The molecule has 0 aliphatic rings. The van der Waals surface area contributed by atoms with E-state index in [-0.39, 0.29) is 5.97 Å². The van der Waals surface area contributed by atoms with Crippen LogP contribution in [0.2, 0.25) is 0 Å². The highest BCUT2D eigenvalue weighted by molar-refractivity contribution is 5.86. The first-order chi connectivity index (χ1) is 11.7. The predicted molar refractivity (Wildman–Crippen MR) is 102 cm³/mol. The summed E-state index contributed by atoms with van der Waals surface area (Å²) < 4.78 is 5.08. The molecule has 2 heteroatoms. The van der Waals surface area contributed by atoms with Crippen LogP contribution in [0, 0.1) is 0 Å². The summed E-state index contributed by atoms with van der Waals surface area (Å²) in [5.41, 5.74) is 1.95. The van der Waals surface area contributed by atoms with Crippen molar-refractivity contribution in [2.75, 3.05) is 6.61 Å². The monoisotopic (exact) mass is 330 g/mol. The minimum absolute atomic E-state index is 0.262. The van der Waals surface area contributed by atoms with Crippen molar-refractivity contribution in [2.24, 2.45) is 0 Å². The average molecular weight is 331 g/mol. The van der Waals surface area contributed by atoms with Gasteiger partial charge in [-0.25, -0.2) is 4.79 Å². The Bertz CT molecular complexity index is 450. The Hall–Kier alpha value is -1.57. The molecule has 0 saturated carbocycles. The zero-order valence-electron chi connectivity index (χ0n) is 15.4. The maximum atomic E-state index is 11.2. The van der Waals surface area contributed by atoms with Crippen molar-refractivity contribution in [3.63, 3.8) is 0 Å². The van der Waals surface area contributed by atoms with Crippen LogP contribution in [0.1, 0.15) is 76.7 Å². The number of carbonyl (C=O) groups is 1. The number of benzene rings is 1. The average Bonchev–Trinajstić information content (AvgIpc) is 2.59. The van der Waals surface area contributed by atoms with Gasteiger partial charge in [-0.15, -0.1) is 0 Å². The quantitative estimate of drug-likeness (QED) is 0.229. The van der Waals surface area contributed by atoms with Gasteiger partial charge in [0.05, 0.1) is 6.61 Å². The van der Waals surface area contributed by atoms with E-state index in [0.717, 1.165) is 12.8 Å². The molecule has 1 rings (SSSR count). The van der Waals surface area contributed by atoms with Crippen LogP contribution in [0.15, 0.2) is 42.5 Å². The summed E-state index contributed by atoms with van der Waals surface area (Å²) in [7, 11) is 0. The molecule has 1 aromatic carbocycles. The molecule has 134 valence electrons. The standard InChI is InChI=1S/C22H34O2/c1-20(2)22(23)24-19-15-10-8-6-4-3-5-7-9-12-16-21-17-13-11-14-18-21/h11,13-14,17-18H,1,3-10,12,15-16,19H2,2H3. The number of carbonyl (C=O) groups excluding carboxylic acids is 1. The van der Waals surface area contributed by atoms with Crippen molar-refractivity contribution in [2.45, 2.75) is 77.6 Å². The van der Waals surface area contributed by atoms with Crippen LogP contribution in [0.4, 0.5) is 0 Å². The smallest absolute Gasteiger partial charge is 0.333 e. The molecule has 0 heterocycles. The fraction of sp³-hybridized carbons (Fsp3) is 0.591. The summed E-state index contributed by atoms with van der Waals surface area (Å²) in [6.45, 7) is 5.79. The molecule has 0 saturated heterocycles. The fourth-order valence-corrected chi connectivity index (χ4v) is 2.78. The molecular weight excluding hydrogens is 296 g/mol. The molecule has 0 radical (unpaired) electrons. The van der Waals surface area contributed by atoms with Gasteiger partial charge in [-0.1, -0.05) is 88.3 Å². The zero-order valence-corrected chi connectivity index (χ0v) is 15.4. The van der Waals surface area contributed by atoms with Gasteiger partial charge in [0.25, 0.3) is 0 Å². The lowest BCUT2D eigenvalue weighted by atomic mass is 10.0. The lowest BCUT2D eigenvalue weighted by molar-refractivity contribution is -0.139. The van der Waals surface area contributed by atoms with Crippen LogP contribution in [0.25, 0.3) is 0 Å². The van der Waals surface area contributed by atoms with Gasteiger partial charge in [0.1, 0.15) is 0 Å². The Balaban J connectivity index is 1.78. The molecule has 0 aromatic heterocycles. The highest BCUT2D eigenvalue weighted by atomic mass is 16.5. The van der Waals surface area contributed by atoms with Gasteiger partial charge < -0.3 is 4.74 Å². The predicted octanol–water partition coefficient (Wildman–Crippen LogP) is 6.25. The first kappa shape index (κ1) is 20.5. The van der Waals surface area contributed by atoms with E-state index < -0.39 is 0 Å².